The first-order valence-electron chi connectivity index (χ1n) is 9.76. The van der Waals surface area contributed by atoms with E-state index in [1.54, 1.807) is 4.90 Å². The fourth-order valence-corrected chi connectivity index (χ4v) is 6.06. The second kappa shape index (κ2) is 9.02. The molecule has 0 aliphatic carbocycles. The van der Waals surface area contributed by atoms with Gasteiger partial charge in [0.2, 0.25) is 0 Å². The van der Waals surface area contributed by atoms with Crippen LogP contribution in [0.25, 0.3) is 0 Å². The van der Waals surface area contributed by atoms with E-state index in [4.69, 9.17) is 9.47 Å². The maximum absolute atomic E-state index is 13.4. The van der Waals surface area contributed by atoms with Gasteiger partial charge < -0.3 is 0 Å². The number of hydrogen-bond donors (Lipinski definition) is 0. The monoisotopic (exact) mass is 461 g/mol. The van der Waals surface area contributed by atoms with Crippen LogP contribution in [0.2, 0.25) is 0 Å². The molecule has 0 radical (unpaired) electrons. The van der Waals surface area contributed by atoms with Crippen LogP contribution in [0.5, 0.6) is 0 Å². The molecule has 1 amide bonds. The fourth-order valence-electron chi connectivity index (χ4n) is 3.23. The Balaban J connectivity index is 1.86. The average molecular weight is 460 g/mol. The molecule has 6 heteroatoms. The Bertz CT molecular complexity index is 835. The standard InChI is InChI=1S/C23H27NO4Se/c1-22(2,3)28-21(26)24-16-10-15-23(24,29-19-13-8-5-9-14-19)20(25)27-17-18-11-6-4-7-12-18/h4-9,11-14H,10,15-17H2,1-3H3. The number of nitrogens with zero attached hydrogens (tertiary/aromatic N) is 1. The number of amides is 1. The van der Waals surface area contributed by atoms with Crippen molar-refractivity contribution >= 4 is 31.5 Å². The molecule has 3 rings (SSSR count). The molecule has 29 heavy (non-hydrogen) atoms. The van der Waals surface area contributed by atoms with Gasteiger partial charge >= 0.3 is 178 Å². The molecule has 0 bridgehead atoms. The van der Waals surface area contributed by atoms with Gasteiger partial charge in [-0.3, -0.25) is 0 Å². The molecule has 0 aromatic heterocycles. The number of carbonyl (C=O) groups is 2. The van der Waals surface area contributed by atoms with Gasteiger partial charge in [0.15, 0.2) is 0 Å². The van der Waals surface area contributed by atoms with Gasteiger partial charge in [0.1, 0.15) is 0 Å². The quantitative estimate of drug-likeness (QED) is 0.507. The molecule has 1 aliphatic heterocycles. The molecule has 0 saturated carbocycles. The summed E-state index contributed by atoms with van der Waals surface area (Å²) in [5.74, 6) is -0.353. The third-order valence-electron chi connectivity index (χ3n) is 4.51. The van der Waals surface area contributed by atoms with Crippen LogP contribution in [0.3, 0.4) is 0 Å². The van der Waals surface area contributed by atoms with Crippen molar-refractivity contribution in [2.24, 2.45) is 0 Å². The SMILES string of the molecule is CC(C)(C)OC(=O)N1CCCC1([Se]c1ccccc1)C(=O)OCc1ccccc1. The van der Waals surface area contributed by atoms with Crippen molar-refractivity contribution in [3.05, 3.63) is 66.2 Å². The Morgan fingerprint density at radius 2 is 1.66 bits per heavy atom. The van der Waals surface area contributed by atoms with Crippen molar-refractivity contribution in [1.29, 1.82) is 0 Å². The third kappa shape index (κ3) is 5.40. The molecule has 1 heterocycles. The second-order valence-corrected chi connectivity index (χ2v) is 10.8. The van der Waals surface area contributed by atoms with E-state index in [0.717, 1.165) is 16.4 Å². The molecule has 1 saturated heterocycles. The first-order valence-corrected chi connectivity index (χ1v) is 11.5. The van der Waals surface area contributed by atoms with Crippen LogP contribution in [-0.4, -0.2) is 48.5 Å². The molecule has 2 aromatic carbocycles. The summed E-state index contributed by atoms with van der Waals surface area (Å²) in [7, 11) is 0. The molecular formula is C23H27NO4Se. The molecule has 1 aliphatic rings. The molecule has 0 N–H and O–H groups in total. The van der Waals surface area contributed by atoms with Crippen LogP contribution in [0, 0.1) is 0 Å². The van der Waals surface area contributed by atoms with Crippen molar-refractivity contribution in [3.8, 4) is 0 Å². The number of ether oxygens (including phenoxy) is 2. The summed E-state index contributed by atoms with van der Waals surface area (Å²) >= 11 is -0.310. The van der Waals surface area contributed by atoms with E-state index in [1.165, 1.54) is 0 Å². The van der Waals surface area contributed by atoms with Crippen LogP contribution in [0.1, 0.15) is 39.2 Å². The summed E-state index contributed by atoms with van der Waals surface area (Å²) in [5.41, 5.74) is 0.295. The molecule has 154 valence electrons. The van der Waals surface area contributed by atoms with Crippen molar-refractivity contribution in [2.75, 3.05) is 6.54 Å². The number of esters is 1. The third-order valence-corrected chi connectivity index (χ3v) is 7.52. The van der Waals surface area contributed by atoms with Crippen LogP contribution in [-0.2, 0) is 20.9 Å². The van der Waals surface area contributed by atoms with Gasteiger partial charge in [0.05, 0.1) is 0 Å². The molecule has 0 spiro atoms. The van der Waals surface area contributed by atoms with Gasteiger partial charge in [-0.15, -0.1) is 0 Å². The average Bonchev–Trinajstić information content (AvgIpc) is 3.11. The molecule has 1 fully saturated rings. The van der Waals surface area contributed by atoms with E-state index in [2.05, 4.69) is 0 Å². The Kier molecular flexibility index (Phi) is 6.66. The summed E-state index contributed by atoms with van der Waals surface area (Å²) < 4.78 is 11.4. The Morgan fingerprint density at radius 1 is 1.03 bits per heavy atom. The van der Waals surface area contributed by atoms with Crippen molar-refractivity contribution < 1.29 is 19.1 Å². The van der Waals surface area contributed by atoms with Crippen molar-refractivity contribution in [1.82, 2.24) is 4.90 Å². The number of carbonyl (C=O) groups excluding carboxylic acids is 2. The summed E-state index contributed by atoms with van der Waals surface area (Å²) in [5, 5.41) is 0. The van der Waals surface area contributed by atoms with Gasteiger partial charge in [0.25, 0.3) is 0 Å². The van der Waals surface area contributed by atoms with E-state index < -0.39 is 16.1 Å². The van der Waals surface area contributed by atoms with Gasteiger partial charge in [-0.25, -0.2) is 0 Å². The predicted molar refractivity (Wildman–Crippen MR) is 113 cm³/mol. The van der Waals surface area contributed by atoms with Crippen molar-refractivity contribution in [2.45, 2.75) is 50.3 Å². The zero-order valence-electron chi connectivity index (χ0n) is 17.1. The van der Waals surface area contributed by atoms with E-state index in [1.807, 2.05) is 81.4 Å². The first kappa shape index (κ1) is 21.4. The van der Waals surface area contributed by atoms with Crippen molar-refractivity contribution in [3.63, 3.8) is 0 Å². The van der Waals surface area contributed by atoms with Crippen LogP contribution in [0.15, 0.2) is 60.7 Å². The maximum atomic E-state index is 13.4. The zero-order valence-corrected chi connectivity index (χ0v) is 18.8. The van der Waals surface area contributed by atoms with Gasteiger partial charge in [0, 0.05) is 0 Å². The summed E-state index contributed by atoms with van der Waals surface area (Å²) in [6.07, 6.45) is 0.868. The first-order chi connectivity index (χ1) is 13.8. The Hall–Kier alpha value is -2.30. The second-order valence-electron chi connectivity index (χ2n) is 8.00. The number of benzene rings is 2. The summed E-state index contributed by atoms with van der Waals surface area (Å²) in [6, 6.07) is 19.4. The Labute approximate surface area is 178 Å². The van der Waals surface area contributed by atoms with E-state index in [-0.39, 0.29) is 27.5 Å². The van der Waals surface area contributed by atoms with Crippen LogP contribution >= 0.6 is 0 Å². The zero-order chi connectivity index (χ0) is 20.9. The van der Waals surface area contributed by atoms with Gasteiger partial charge in [-0.05, 0) is 0 Å². The summed E-state index contributed by atoms with van der Waals surface area (Å²) in [4.78, 5) is 27.9. The Morgan fingerprint density at radius 3 is 2.28 bits per heavy atom. The van der Waals surface area contributed by atoms with Crippen LogP contribution < -0.4 is 4.46 Å². The molecule has 5 nitrogen and oxygen atoms in total. The predicted octanol–water partition coefficient (Wildman–Crippen LogP) is 3.49. The van der Waals surface area contributed by atoms with E-state index in [0.29, 0.717) is 13.0 Å². The van der Waals surface area contributed by atoms with Gasteiger partial charge in [-0.2, -0.15) is 0 Å². The fraction of sp³-hybridized carbons (Fsp3) is 0.391. The normalized spacial score (nSPS) is 19.1. The van der Waals surface area contributed by atoms with Crippen LogP contribution in [0.4, 0.5) is 4.79 Å². The molecule has 1 unspecified atom stereocenters. The van der Waals surface area contributed by atoms with E-state index in [9.17, 15) is 9.59 Å². The molecular weight excluding hydrogens is 433 g/mol. The topological polar surface area (TPSA) is 55.8 Å². The molecule has 2 aromatic rings. The number of rotatable bonds is 5. The van der Waals surface area contributed by atoms with E-state index >= 15 is 0 Å². The van der Waals surface area contributed by atoms with Gasteiger partial charge in [-0.1, -0.05) is 0 Å². The molecule has 1 atom stereocenters. The minimum atomic E-state index is -0.995. The summed E-state index contributed by atoms with van der Waals surface area (Å²) in [6.45, 7) is 6.18. The number of likely N-dealkylation sites (tertiary alicyclic amines) is 1. The number of hydrogen-bond acceptors (Lipinski definition) is 4. The minimum absolute atomic E-state index is 0.189.